The Morgan fingerprint density at radius 2 is 0.800 bits per heavy atom. The second kappa shape index (κ2) is 2.85. The third kappa shape index (κ3) is 20.4. The molecule has 0 radical (unpaired) electrons. The number of rotatable bonds is 0. The molecule has 0 aromatic rings. The summed E-state index contributed by atoms with van der Waals surface area (Å²) in [6.07, 6.45) is 0. The fraction of sp³-hybridized carbons (Fsp3) is 0. The Morgan fingerprint density at radius 3 is 0.800 bits per heavy atom. The van der Waals surface area contributed by atoms with Gasteiger partial charge in [0, 0.05) is 0 Å². The molecule has 0 fully saturated rings. The van der Waals surface area contributed by atoms with Gasteiger partial charge in [0.1, 0.15) is 0 Å². The molecule has 0 saturated heterocycles. The summed E-state index contributed by atoms with van der Waals surface area (Å²) in [5.41, 5.74) is 0. The van der Waals surface area contributed by atoms with E-state index in [1.807, 2.05) is 0 Å². The van der Waals surface area contributed by atoms with E-state index in [2.05, 4.69) is 52.1 Å². The SMILES string of the molecule is [Br][Ta]([Br])([Br])[Br]. The van der Waals surface area contributed by atoms with Crippen molar-refractivity contribution in [3.05, 3.63) is 0 Å². The van der Waals surface area contributed by atoms with E-state index in [0.717, 1.165) is 0 Å². The van der Waals surface area contributed by atoms with Crippen LogP contribution in [-0.4, -0.2) is 0 Å². The number of hydrogen-bond acceptors (Lipinski definition) is 0. The second-order valence-electron chi connectivity index (χ2n) is 0.383. The molecule has 0 aromatic heterocycles. The second-order valence-corrected chi connectivity index (χ2v) is 84.7. The van der Waals surface area contributed by atoms with E-state index < -0.39 is 8.59 Å². The van der Waals surface area contributed by atoms with E-state index in [1.165, 1.54) is 0 Å². The van der Waals surface area contributed by atoms with E-state index in [9.17, 15) is 0 Å². The Labute approximate surface area is 59.4 Å². The first kappa shape index (κ1) is 7.66. The predicted molar refractivity (Wildman–Crippen MR) is 35.7 cm³/mol. The van der Waals surface area contributed by atoms with Gasteiger partial charge in [-0.1, -0.05) is 0 Å². The van der Waals surface area contributed by atoms with Crippen molar-refractivity contribution >= 4 is 52.1 Å². The van der Waals surface area contributed by atoms with Crippen molar-refractivity contribution in [3.63, 3.8) is 0 Å². The van der Waals surface area contributed by atoms with Crippen LogP contribution in [-0.2, 0) is 8.59 Å². The van der Waals surface area contributed by atoms with Gasteiger partial charge in [0.15, 0.2) is 0 Å². The van der Waals surface area contributed by atoms with Gasteiger partial charge in [-0.3, -0.25) is 0 Å². The monoisotopic (exact) mass is 497 g/mol. The van der Waals surface area contributed by atoms with Gasteiger partial charge in [0.05, 0.1) is 0 Å². The fourth-order valence-corrected chi connectivity index (χ4v) is 0. The zero-order chi connectivity index (χ0) is 4.50. The molecule has 0 bridgehead atoms. The van der Waals surface area contributed by atoms with Crippen LogP contribution in [0.25, 0.3) is 0 Å². The van der Waals surface area contributed by atoms with Gasteiger partial charge in [-0.2, -0.15) is 0 Å². The van der Waals surface area contributed by atoms with Crippen molar-refractivity contribution in [2.75, 3.05) is 0 Å². The summed E-state index contributed by atoms with van der Waals surface area (Å²) in [6, 6.07) is 0. The Bertz CT molecular complexity index is 19.1. The van der Waals surface area contributed by atoms with E-state index in [4.69, 9.17) is 0 Å². The molecule has 0 aliphatic heterocycles. The molecule has 5 heteroatoms. The third-order valence-corrected chi connectivity index (χ3v) is 0. The Hall–Kier alpha value is 2.66. The van der Waals surface area contributed by atoms with Crippen molar-refractivity contribution < 1.29 is 8.59 Å². The average molecular weight is 501 g/mol. The molecule has 0 unspecified atom stereocenters. The quantitative estimate of drug-likeness (QED) is 0.479. The number of hydrogen-bond donors (Lipinski definition) is 0. The molecular weight excluding hydrogens is 501 g/mol. The first-order valence-corrected chi connectivity index (χ1v) is 28.8. The molecule has 0 nitrogen and oxygen atoms in total. The van der Waals surface area contributed by atoms with E-state index in [0.29, 0.717) is 0 Å². The van der Waals surface area contributed by atoms with Gasteiger partial charge in [-0.15, -0.1) is 0 Å². The van der Waals surface area contributed by atoms with Crippen molar-refractivity contribution in [2.24, 2.45) is 0 Å². The van der Waals surface area contributed by atoms with Crippen LogP contribution in [0.15, 0.2) is 0 Å². The molecule has 0 aliphatic carbocycles. The molecule has 0 heterocycles. The van der Waals surface area contributed by atoms with Gasteiger partial charge >= 0.3 is 60.7 Å². The summed E-state index contributed by atoms with van der Waals surface area (Å²) in [5, 5.41) is 0. The molecule has 0 aromatic carbocycles. The minimum atomic E-state index is -1.97. The molecule has 0 rings (SSSR count). The summed E-state index contributed by atoms with van der Waals surface area (Å²) in [7, 11) is -1.97. The van der Waals surface area contributed by atoms with Gasteiger partial charge in [0.25, 0.3) is 0 Å². The summed E-state index contributed by atoms with van der Waals surface area (Å²) in [6.45, 7) is 0. The minimum absolute atomic E-state index is 1.97. The molecule has 0 aliphatic rings. The summed E-state index contributed by atoms with van der Waals surface area (Å²) >= 11 is 13.4. The van der Waals surface area contributed by atoms with Crippen LogP contribution in [0.4, 0.5) is 0 Å². The van der Waals surface area contributed by atoms with E-state index in [1.54, 1.807) is 0 Å². The van der Waals surface area contributed by atoms with E-state index in [-0.39, 0.29) is 0 Å². The standard InChI is InChI=1S/4BrH.Ta/h4*1H;/q;;;;+4/p-4. The van der Waals surface area contributed by atoms with Crippen LogP contribution in [0.3, 0.4) is 0 Å². The van der Waals surface area contributed by atoms with Crippen LogP contribution in [0.1, 0.15) is 0 Å². The Balaban J connectivity index is 3.02. The van der Waals surface area contributed by atoms with Crippen LogP contribution in [0.5, 0.6) is 0 Å². The molecule has 0 spiro atoms. The van der Waals surface area contributed by atoms with Gasteiger partial charge in [-0.25, -0.2) is 0 Å². The predicted octanol–water partition coefficient (Wildman–Crippen LogP) is 3.38. The molecule has 33 valence electrons. The molecule has 0 N–H and O–H groups in total. The van der Waals surface area contributed by atoms with Crippen LogP contribution in [0, 0.1) is 0 Å². The van der Waals surface area contributed by atoms with Gasteiger partial charge in [0.2, 0.25) is 0 Å². The third-order valence-electron chi connectivity index (χ3n) is 0. The maximum atomic E-state index is 3.34. The normalized spacial score (nSPS) is 12.0. The van der Waals surface area contributed by atoms with Crippen molar-refractivity contribution in [2.45, 2.75) is 0 Å². The summed E-state index contributed by atoms with van der Waals surface area (Å²) in [5.74, 6) is 0. The summed E-state index contributed by atoms with van der Waals surface area (Å²) < 4.78 is 0. The maximum absolute atomic E-state index is 3.34. The zero-order valence-electron chi connectivity index (χ0n) is 1.96. The van der Waals surface area contributed by atoms with Gasteiger partial charge < -0.3 is 0 Å². The zero-order valence-corrected chi connectivity index (χ0v) is 11.5. The molecule has 0 saturated carbocycles. The van der Waals surface area contributed by atoms with Crippen molar-refractivity contribution in [3.8, 4) is 0 Å². The molecule has 0 atom stereocenters. The first-order chi connectivity index (χ1) is 2.00. The van der Waals surface area contributed by atoms with Crippen molar-refractivity contribution in [1.29, 1.82) is 0 Å². The summed E-state index contributed by atoms with van der Waals surface area (Å²) in [4.78, 5) is 0. The van der Waals surface area contributed by atoms with Gasteiger partial charge in [-0.05, 0) is 0 Å². The van der Waals surface area contributed by atoms with Crippen LogP contribution >= 0.6 is 52.1 Å². The Kier molecular flexibility index (Phi) is 4.36. The van der Waals surface area contributed by atoms with Crippen LogP contribution < -0.4 is 0 Å². The van der Waals surface area contributed by atoms with Crippen LogP contribution in [0.2, 0.25) is 0 Å². The molecule has 0 amide bonds. The number of halogens is 4. The Morgan fingerprint density at radius 1 is 0.800 bits per heavy atom. The van der Waals surface area contributed by atoms with E-state index >= 15 is 0 Å². The average Bonchev–Trinajstić information content (AvgIpc) is 0.722. The molecular formula is Br4Ta. The first-order valence-electron chi connectivity index (χ1n) is 0.676. The molecule has 5 heavy (non-hydrogen) atoms. The fourth-order valence-electron chi connectivity index (χ4n) is 0. The van der Waals surface area contributed by atoms with Crippen molar-refractivity contribution in [1.82, 2.24) is 0 Å². The topological polar surface area (TPSA) is 0 Å².